The van der Waals surface area contributed by atoms with Crippen LogP contribution in [0.5, 0.6) is 0 Å². The van der Waals surface area contributed by atoms with Crippen LogP contribution in [0.4, 0.5) is 14.5 Å². The normalized spacial score (nSPS) is 16.8. The summed E-state index contributed by atoms with van der Waals surface area (Å²) in [5.41, 5.74) is 2.44. The Morgan fingerprint density at radius 2 is 2.04 bits per heavy atom. The molecule has 3 rings (SSSR count). The molecule has 0 bridgehead atoms. The lowest BCUT2D eigenvalue weighted by atomic mass is 9.87. The molecular weight excluding hydrogens is 310 g/mol. The van der Waals surface area contributed by atoms with E-state index >= 15 is 0 Å². The number of likely N-dealkylation sites (N-methyl/N-ethyl adjacent to an activating group) is 1. The lowest BCUT2D eigenvalue weighted by Gasteiger charge is -2.32. The zero-order chi connectivity index (χ0) is 17.1. The minimum Gasteiger partial charge on any atom is -0.322 e. The molecule has 0 aromatic heterocycles. The Labute approximate surface area is 140 Å². The number of anilines is 1. The van der Waals surface area contributed by atoms with Crippen molar-refractivity contribution in [1.82, 2.24) is 4.90 Å². The standard InChI is InChI=1S/C19H20F2N2O/c1-23(18-8-4-6-13-5-2-3-7-15(13)18)12-19(24)22-17-11-14(20)9-10-16(17)21/h2-3,5,7,9-11,18H,4,6,8,12H2,1H3,(H,22,24)/t18-/m0/s1. The van der Waals surface area contributed by atoms with Crippen LogP contribution in [0.2, 0.25) is 0 Å². The zero-order valence-electron chi connectivity index (χ0n) is 13.6. The smallest absolute Gasteiger partial charge is 0.238 e. The van der Waals surface area contributed by atoms with Gasteiger partial charge in [-0.3, -0.25) is 9.69 Å². The van der Waals surface area contributed by atoms with Gasteiger partial charge in [0.1, 0.15) is 11.6 Å². The first-order valence-corrected chi connectivity index (χ1v) is 8.07. The van der Waals surface area contributed by atoms with Gasteiger partial charge in [0.05, 0.1) is 12.2 Å². The molecule has 126 valence electrons. The number of aryl methyl sites for hydroxylation is 1. The van der Waals surface area contributed by atoms with E-state index < -0.39 is 11.6 Å². The number of benzene rings is 2. The fraction of sp³-hybridized carbons (Fsp3) is 0.316. The molecule has 0 saturated heterocycles. The third-order valence-electron chi connectivity index (χ3n) is 4.47. The number of hydrogen-bond donors (Lipinski definition) is 1. The second-order valence-corrected chi connectivity index (χ2v) is 6.19. The van der Waals surface area contributed by atoms with E-state index in [9.17, 15) is 13.6 Å². The molecule has 0 saturated carbocycles. The van der Waals surface area contributed by atoms with Gasteiger partial charge in [-0.15, -0.1) is 0 Å². The molecule has 3 nitrogen and oxygen atoms in total. The summed E-state index contributed by atoms with van der Waals surface area (Å²) in [5, 5.41) is 2.45. The number of rotatable bonds is 4. The molecule has 0 unspecified atom stereocenters. The maximum atomic E-state index is 13.6. The molecule has 0 spiro atoms. The Morgan fingerprint density at radius 1 is 1.25 bits per heavy atom. The van der Waals surface area contributed by atoms with Gasteiger partial charge in [-0.2, -0.15) is 0 Å². The predicted molar refractivity (Wildman–Crippen MR) is 89.7 cm³/mol. The van der Waals surface area contributed by atoms with Crippen molar-refractivity contribution in [3.63, 3.8) is 0 Å². The quantitative estimate of drug-likeness (QED) is 0.922. The third kappa shape index (κ3) is 3.62. The minimum atomic E-state index is -0.643. The maximum absolute atomic E-state index is 13.6. The second-order valence-electron chi connectivity index (χ2n) is 6.19. The van der Waals surface area contributed by atoms with Crippen LogP contribution < -0.4 is 5.32 Å². The summed E-state index contributed by atoms with van der Waals surface area (Å²) in [6.45, 7) is 0.120. The highest BCUT2D eigenvalue weighted by molar-refractivity contribution is 5.92. The Balaban J connectivity index is 1.68. The number of hydrogen-bond acceptors (Lipinski definition) is 2. The second kappa shape index (κ2) is 7.09. The van der Waals surface area contributed by atoms with E-state index in [-0.39, 0.29) is 24.2 Å². The maximum Gasteiger partial charge on any atom is 0.238 e. The van der Waals surface area contributed by atoms with E-state index in [4.69, 9.17) is 0 Å². The third-order valence-corrected chi connectivity index (χ3v) is 4.47. The molecule has 2 aromatic rings. The van der Waals surface area contributed by atoms with Crippen LogP contribution in [0.3, 0.4) is 0 Å². The Morgan fingerprint density at radius 3 is 2.88 bits per heavy atom. The van der Waals surface area contributed by atoms with Crippen LogP contribution >= 0.6 is 0 Å². The number of nitrogens with zero attached hydrogens (tertiary/aromatic N) is 1. The summed E-state index contributed by atoms with van der Waals surface area (Å²) in [7, 11) is 1.88. The first-order valence-electron chi connectivity index (χ1n) is 8.07. The first-order chi connectivity index (χ1) is 11.5. The highest BCUT2D eigenvalue weighted by Crippen LogP contribution is 2.33. The fourth-order valence-corrected chi connectivity index (χ4v) is 3.31. The average Bonchev–Trinajstić information content (AvgIpc) is 2.57. The molecule has 0 heterocycles. The summed E-state index contributed by atoms with van der Waals surface area (Å²) in [5.74, 6) is -1.58. The van der Waals surface area contributed by atoms with Crippen LogP contribution in [-0.4, -0.2) is 24.4 Å². The van der Waals surface area contributed by atoms with E-state index in [2.05, 4.69) is 17.4 Å². The number of nitrogens with one attached hydrogen (secondary N) is 1. The van der Waals surface area contributed by atoms with Crippen LogP contribution in [0.15, 0.2) is 42.5 Å². The molecule has 0 fully saturated rings. The molecular formula is C19H20F2N2O. The van der Waals surface area contributed by atoms with Crippen molar-refractivity contribution in [2.75, 3.05) is 18.9 Å². The topological polar surface area (TPSA) is 32.3 Å². The molecule has 0 radical (unpaired) electrons. The molecule has 1 aliphatic carbocycles. The monoisotopic (exact) mass is 330 g/mol. The highest BCUT2D eigenvalue weighted by atomic mass is 19.1. The largest absolute Gasteiger partial charge is 0.322 e. The number of carbonyl (C=O) groups excluding carboxylic acids is 1. The Kier molecular flexibility index (Phi) is 4.90. The van der Waals surface area contributed by atoms with Crippen LogP contribution in [0, 0.1) is 11.6 Å². The highest BCUT2D eigenvalue weighted by Gasteiger charge is 2.24. The van der Waals surface area contributed by atoms with E-state index in [0.29, 0.717) is 0 Å². The van der Waals surface area contributed by atoms with Gasteiger partial charge in [-0.05, 0) is 49.6 Å². The van der Waals surface area contributed by atoms with Gasteiger partial charge in [0.15, 0.2) is 0 Å². The molecule has 1 aliphatic rings. The first kappa shape index (κ1) is 16.6. The van der Waals surface area contributed by atoms with Gasteiger partial charge in [0.2, 0.25) is 5.91 Å². The average molecular weight is 330 g/mol. The molecule has 1 N–H and O–H groups in total. The van der Waals surface area contributed by atoms with Gasteiger partial charge >= 0.3 is 0 Å². The van der Waals surface area contributed by atoms with Gasteiger partial charge in [0, 0.05) is 12.1 Å². The van der Waals surface area contributed by atoms with Crippen molar-refractivity contribution in [1.29, 1.82) is 0 Å². The van der Waals surface area contributed by atoms with Gasteiger partial charge in [0.25, 0.3) is 0 Å². The SMILES string of the molecule is CN(CC(=O)Nc1cc(F)ccc1F)[C@H]1CCCc2ccccc21. The summed E-state index contributed by atoms with van der Waals surface area (Å²) < 4.78 is 26.8. The number of amides is 1. The van der Waals surface area contributed by atoms with Crippen molar-refractivity contribution in [2.45, 2.75) is 25.3 Å². The molecule has 0 aliphatic heterocycles. The zero-order valence-corrected chi connectivity index (χ0v) is 13.6. The van der Waals surface area contributed by atoms with Gasteiger partial charge < -0.3 is 5.32 Å². The Bertz CT molecular complexity index is 748. The summed E-state index contributed by atoms with van der Waals surface area (Å²) >= 11 is 0. The van der Waals surface area contributed by atoms with Gasteiger partial charge in [-0.1, -0.05) is 24.3 Å². The Hall–Kier alpha value is -2.27. The van der Waals surface area contributed by atoms with E-state index in [1.54, 1.807) is 0 Å². The number of fused-ring (bicyclic) bond motifs is 1. The summed E-state index contributed by atoms with van der Waals surface area (Å²) in [6, 6.07) is 11.4. The van der Waals surface area contributed by atoms with Crippen molar-refractivity contribution in [3.8, 4) is 0 Å². The van der Waals surface area contributed by atoms with Crippen LogP contribution in [0.25, 0.3) is 0 Å². The molecule has 5 heteroatoms. The number of carbonyl (C=O) groups is 1. The van der Waals surface area contributed by atoms with E-state index in [1.165, 1.54) is 11.1 Å². The number of halogens is 2. The molecule has 1 atom stereocenters. The molecule has 1 amide bonds. The lowest BCUT2D eigenvalue weighted by Crippen LogP contribution is -2.35. The minimum absolute atomic E-state index is 0.120. The molecule has 24 heavy (non-hydrogen) atoms. The summed E-state index contributed by atoms with van der Waals surface area (Å²) in [6.07, 6.45) is 3.11. The van der Waals surface area contributed by atoms with Crippen LogP contribution in [-0.2, 0) is 11.2 Å². The van der Waals surface area contributed by atoms with Crippen molar-refractivity contribution >= 4 is 11.6 Å². The van der Waals surface area contributed by atoms with Gasteiger partial charge in [-0.25, -0.2) is 8.78 Å². The fourth-order valence-electron chi connectivity index (χ4n) is 3.31. The van der Waals surface area contributed by atoms with Crippen molar-refractivity contribution in [2.24, 2.45) is 0 Å². The van der Waals surface area contributed by atoms with E-state index in [1.807, 2.05) is 24.1 Å². The van der Waals surface area contributed by atoms with Crippen LogP contribution in [0.1, 0.15) is 30.0 Å². The lowest BCUT2D eigenvalue weighted by molar-refractivity contribution is -0.117. The van der Waals surface area contributed by atoms with Crippen molar-refractivity contribution < 1.29 is 13.6 Å². The predicted octanol–water partition coefficient (Wildman–Crippen LogP) is 3.91. The molecule has 2 aromatic carbocycles. The van der Waals surface area contributed by atoms with Crippen molar-refractivity contribution in [3.05, 3.63) is 65.2 Å². The summed E-state index contributed by atoms with van der Waals surface area (Å²) in [4.78, 5) is 14.2. The van der Waals surface area contributed by atoms with E-state index in [0.717, 1.165) is 37.5 Å².